The van der Waals surface area contributed by atoms with Crippen LogP contribution >= 0.6 is 23.4 Å². The molecular formula is C18H13ClF3N3O3S2. The number of hydrazone groups is 1. The van der Waals surface area contributed by atoms with Crippen molar-refractivity contribution in [3.05, 3.63) is 65.2 Å². The monoisotopic (exact) mass is 475 g/mol. The third kappa shape index (κ3) is 3.59. The molecule has 2 aromatic rings. The van der Waals surface area contributed by atoms with Crippen molar-refractivity contribution in [3.8, 4) is 0 Å². The lowest BCUT2D eigenvalue weighted by molar-refractivity contribution is -0.262. The van der Waals surface area contributed by atoms with Gasteiger partial charge in [-0.05, 0) is 36.0 Å². The van der Waals surface area contributed by atoms with Gasteiger partial charge in [-0.25, -0.2) is 18.4 Å². The fraction of sp³-hybridized carbons (Fsp3) is 0.222. The number of aliphatic imine (C=N–C) groups is 1. The van der Waals surface area contributed by atoms with Crippen molar-refractivity contribution in [2.75, 3.05) is 0 Å². The van der Waals surface area contributed by atoms with Crippen molar-refractivity contribution >= 4 is 43.4 Å². The maximum Gasteiger partial charge on any atom is 0.438 e. The van der Waals surface area contributed by atoms with E-state index in [1.54, 1.807) is 30.3 Å². The molecule has 158 valence electrons. The average molecular weight is 476 g/mol. The zero-order valence-corrected chi connectivity index (χ0v) is 17.3. The van der Waals surface area contributed by atoms with Gasteiger partial charge in [0, 0.05) is 17.0 Å². The third-order valence-corrected chi connectivity index (χ3v) is 7.81. The number of halogens is 4. The molecule has 12 heteroatoms. The molecule has 0 aromatic heterocycles. The molecule has 1 N–H and O–H groups in total. The summed E-state index contributed by atoms with van der Waals surface area (Å²) in [6, 6.07) is 13.4. The van der Waals surface area contributed by atoms with E-state index >= 15 is 0 Å². The topological polar surface area (TPSA) is 82.3 Å². The van der Waals surface area contributed by atoms with Crippen molar-refractivity contribution in [2.24, 2.45) is 10.1 Å². The number of hydrogen-bond acceptors (Lipinski definition) is 7. The lowest BCUT2D eigenvalue weighted by Crippen LogP contribution is -2.55. The van der Waals surface area contributed by atoms with Gasteiger partial charge in [-0.3, -0.25) is 0 Å². The summed E-state index contributed by atoms with van der Waals surface area (Å²) in [5.74, 6) is 0. The molecule has 0 spiro atoms. The van der Waals surface area contributed by atoms with Crippen LogP contribution in [0.2, 0.25) is 5.02 Å². The molecule has 2 atom stereocenters. The lowest BCUT2D eigenvalue weighted by atomic mass is 10.1. The van der Waals surface area contributed by atoms with Crippen LogP contribution in [0.25, 0.3) is 0 Å². The fourth-order valence-corrected chi connectivity index (χ4v) is 5.91. The molecule has 0 unspecified atom stereocenters. The van der Waals surface area contributed by atoms with E-state index < -0.39 is 33.5 Å². The summed E-state index contributed by atoms with van der Waals surface area (Å²) in [6.45, 7) is 0. The van der Waals surface area contributed by atoms with Crippen LogP contribution in [0.15, 0.2) is 69.6 Å². The summed E-state index contributed by atoms with van der Waals surface area (Å²) in [5.41, 5.74) is -3.03. The van der Waals surface area contributed by atoms with Crippen LogP contribution in [0.4, 0.5) is 13.2 Å². The Hall–Kier alpha value is -2.08. The van der Waals surface area contributed by atoms with E-state index in [2.05, 4.69) is 10.1 Å². The second-order valence-corrected chi connectivity index (χ2v) is 10.1. The number of nitrogens with zero attached hydrogens (tertiary/aromatic N) is 3. The van der Waals surface area contributed by atoms with Crippen LogP contribution in [-0.4, -0.2) is 46.0 Å². The molecule has 0 amide bonds. The Balaban J connectivity index is 1.83. The van der Waals surface area contributed by atoms with Gasteiger partial charge in [0.25, 0.3) is 5.72 Å². The van der Waals surface area contributed by atoms with Crippen LogP contribution in [-0.2, 0) is 9.84 Å². The predicted octanol–water partition coefficient (Wildman–Crippen LogP) is 3.86. The highest BCUT2D eigenvalue weighted by molar-refractivity contribution is 8.27. The highest BCUT2D eigenvalue weighted by Gasteiger charge is 2.61. The molecule has 30 heavy (non-hydrogen) atoms. The maximum absolute atomic E-state index is 13.6. The second kappa shape index (κ2) is 7.26. The summed E-state index contributed by atoms with van der Waals surface area (Å²) in [6.07, 6.45) is -6.38. The van der Waals surface area contributed by atoms with Crippen LogP contribution in [0.5, 0.6) is 0 Å². The SMILES string of the molecule is O=S(=O)(c1ccccc1)[C@@H]1C[C@@](O)(C(F)(F)F)N=C2SC(c3ccc(Cl)cc3)=NN21. The molecule has 2 aliphatic rings. The first-order valence-corrected chi connectivity index (χ1v) is 11.2. The molecule has 0 saturated heterocycles. The lowest BCUT2D eigenvalue weighted by Gasteiger charge is -2.37. The standard InChI is InChI=1S/C18H13ClF3N3O3S2/c19-12-8-6-11(7-9-12)15-24-25-14(30(27,28)13-4-2-1-3-5-13)10-17(26,18(20,21)22)23-16(25)29-15/h1-9,14,26H,10H2/t14-,17-/m1/s1. The van der Waals surface area contributed by atoms with E-state index in [1.165, 1.54) is 24.3 Å². The van der Waals surface area contributed by atoms with Gasteiger partial charge in [0.2, 0.25) is 9.84 Å². The van der Waals surface area contributed by atoms with E-state index in [1.807, 2.05) is 0 Å². The predicted molar refractivity (Wildman–Crippen MR) is 108 cm³/mol. The minimum Gasteiger partial charge on any atom is -0.362 e. The minimum atomic E-state index is -5.17. The average Bonchev–Trinajstić information content (AvgIpc) is 3.11. The number of hydrogen-bond donors (Lipinski definition) is 1. The normalized spacial score (nSPS) is 24.3. The Morgan fingerprint density at radius 1 is 1.13 bits per heavy atom. The number of alkyl halides is 3. The Morgan fingerprint density at radius 2 is 1.77 bits per heavy atom. The smallest absolute Gasteiger partial charge is 0.362 e. The van der Waals surface area contributed by atoms with Gasteiger partial charge in [-0.2, -0.15) is 18.3 Å². The number of aliphatic hydroxyl groups is 1. The molecule has 0 bridgehead atoms. The van der Waals surface area contributed by atoms with E-state index in [9.17, 15) is 26.7 Å². The summed E-state index contributed by atoms with van der Waals surface area (Å²) in [5, 5.41) is 13.9. The Bertz CT molecular complexity index is 1140. The van der Waals surface area contributed by atoms with Gasteiger partial charge in [0.15, 0.2) is 10.5 Å². The number of benzene rings is 2. The van der Waals surface area contributed by atoms with Crippen LogP contribution in [0, 0.1) is 0 Å². The van der Waals surface area contributed by atoms with Crippen molar-refractivity contribution in [1.29, 1.82) is 0 Å². The summed E-state index contributed by atoms with van der Waals surface area (Å²) in [4.78, 5) is 3.25. The molecule has 0 aliphatic carbocycles. The number of rotatable bonds is 3. The van der Waals surface area contributed by atoms with Gasteiger partial charge in [0.05, 0.1) is 4.90 Å². The molecule has 2 aliphatic heterocycles. The number of thioether (sulfide) groups is 1. The zero-order valence-electron chi connectivity index (χ0n) is 14.9. The summed E-state index contributed by atoms with van der Waals surface area (Å²) < 4.78 is 67.1. The highest BCUT2D eigenvalue weighted by atomic mass is 35.5. The molecule has 2 aromatic carbocycles. The molecule has 2 heterocycles. The van der Waals surface area contributed by atoms with Gasteiger partial charge in [0.1, 0.15) is 5.04 Å². The number of fused-ring (bicyclic) bond motifs is 1. The Kier molecular flexibility index (Phi) is 5.12. The molecule has 0 fully saturated rings. The van der Waals surface area contributed by atoms with E-state index in [4.69, 9.17) is 11.6 Å². The van der Waals surface area contributed by atoms with Crippen LogP contribution < -0.4 is 0 Å². The van der Waals surface area contributed by atoms with Crippen LogP contribution in [0.1, 0.15) is 12.0 Å². The molecule has 0 saturated carbocycles. The van der Waals surface area contributed by atoms with Crippen LogP contribution in [0.3, 0.4) is 0 Å². The van der Waals surface area contributed by atoms with Crippen molar-refractivity contribution in [2.45, 2.75) is 28.6 Å². The Labute approximate surface area is 179 Å². The van der Waals surface area contributed by atoms with Gasteiger partial charge in [-0.15, -0.1) is 0 Å². The molecule has 0 radical (unpaired) electrons. The first kappa shape index (κ1) is 21.2. The van der Waals surface area contributed by atoms with Crippen molar-refractivity contribution in [3.63, 3.8) is 0 Å². The van der Waals surface area contributed by atoms with Crippen molar-refractivity contribution < 1.29 is 26.7 Å². The van der Waals surface area contributed by atoms with E-state index in [-0.39, 0.29) is 15.1 Å². The highest BCUT2D eigenvalue weighted by Crippen LogP contribution is 2.45. The number of sulfone groups is 1. The zero-order chi connectivity index (χ0) is 21.7. The van der Waals surface area contributed by atoms with Gasteiger partial charge in [-0.1, -0.05) is 41.9 Å². The van der Waals surface area contributed by atoms with Crippen molar-refractivity contribution in [1.82, 2.24) is 5.01 Å². The van der Waals surface area contributed by atoms with Gasteiger partial charge < -0.3 is 5.11 Å². The molecule has 4 rings (SSSR count). The second-order valence-electron chi connectivity index (χ2n) is 6.58. The third-order valence-electron chi connectivity index (χ3n) is 4.57. The summed E-state index contributed by atoms with van der Waals surface area (Å²) >= 11 is 6.61. The maximum atomic E-state index is 13.6. The van der Waals surface area contributed by atoms with Gasteiger partial charge >= 0.3 is 6.18 Å². The van der Waals surface area contributed by atoms with E-state index in [0.29, 0.717) is 10.6 Å². The molecule has 6 nitrogen and oxygen atoms in total. The first-order valence-electron chi connectivity index (χ1n) is 8.51. The first-order chi connectivity index (χ1) is 14.0. The summed E-state index contributed by atoms with van der Waals surface area (Å²) in [7, 11) is -4.32. The minimum absolute atomic E-state index is 0.180. The van der Waals surface area contributed by atoms with E-state index in [0.717, 1.165) is 16.8 Å². The largest absolute Gasteiger partial charge is 0.438 e. The quantitative estimate of drug-likeness (QED) is 0.729. The Morgan fingerprint density at radius 3 is 2.37 bits per heavy atom. The fourth-order valence-electron chi connectivity index (χ4n) is 2.99. The number of amidine groups is 1. The molecular weight excluding hydrogens is 463 g/mol.